The van der Waals surface area contributed by atoms with Crippen molar-refractivity contribution in [2.24, 2.45) is 0 Å². The molecule has 0 radical (unpaired) electrons. The summed E-state index contributed by atoms with van der Waals surface area (Å²) in [4.78, 5) is 30.5. The highest BCUT2D eigenvalue weighted by Gasteiger charge is 2.45. The first kappa shape index (κ1) is 27.5. The molecule has 2 aromatic carbocycles. The molecule has 1 amide bonds. The van der Waals surface area contributed by atoms with Crippen LogP contribution in [0.15, 0.2) is 54.1 Å². The summed E-state index contributed by atoms with van der Waals surface area (Å²) in [7, 11) is 1.60. The molecule has 0 aliphatic carbocycles. The number of likely N-dealkylation sites (tertiary alicyclic amines) is 1. The third-order valence-electron chi connectivity index (χ3n) is 6.83. The van der Waals surface area contributed by atoms with Crippen LogP contribution in [0.4, 0.5) is 0 Å². The third kappa shape index (κ3) is 6.55. The second kappa shape index (κ2) is 13.3. The first-order chi connectivity index (χ1) is 17.4. The summed E-state index contributed by atoms with van der Waals surface area (Å²) in [5.41, 5.74) is 2.50. The van der Waals surface area contributed by atoms with Crippen molar-refractivity contribution in [3.63, 3.8) is 0 Å². The fourth-order valence-corrected chi connectivity index (χ4v) is 4.67. The molecule has 6 nitrogen and oxygen atoms in total. The topological polar surface area (TPSA) is 70.1 Å². The Hall–Kier alpha value is -3.12. The number of benzene rings is 2. The van der Waals surface area contributed by atoms with Gasteiger partial charge in [-0.15, -0.1) is 0 Å². The number of aliphatic hydroxyl groups is 1. The van der Waals surface area contributed by atoms with E-state index < -0.39 is 17.7 Å². The van der Waals surface area contributed by atoms with Crippen molar-refractivity contribution in [2.75, 3.05) is 33.3 Å². The van der Waals surface area contributed by atoms with Gasteiger partial charge in [-0.2, -0.15) is 0 Å². The van der Waals surface area contributed by atoms with Crippen LogP contribution in [0.1, 0.15) is 68.7 Å². The van der Waals surface area contributed by atoms with Gasteiger partial charge in [0.05, 0.1) is 18.7 Å². The molecule has 1 N–H and O–H groups in total. The van der Waals surface area contributed by atoms with Crippen molar-refractivity contribution in [1.82, 2.24) is 9.80 Å². The molecule has 1 heterocycles. The zero-order valence-corrected chi connectivity index (χ0v) is 22.1. The minimum atomic E-state index is -0.642. The average Bonchev–Trinajstić information content (AvgIpc) is 3.15. The number of nitrogens with zero attached hydrogens (tertiary/aromatic N) is 2. The quantitative estimate of drug-likeness (QED) is 0.220. The predicted molar refractivity (Wildman–Crippen MR) is 144 cm³/mol. The Morgan fingerprint density at radius 1 is 0.917 bits per heavy atom. The number of ketones is 1. The molecular weight excluding hydrogens is 452 g/mol. The zero-order chi connectivity index (χ0) is 26.1. The number of aryl methyl sites for hydroxylation is 1. The van der Waals surface area contributed by atoms with Gasteiger partial charge in [0.2, 0.25) is 0 Å². The number of hydrogen-bond acceptors (Lipinski definition) is 5. The number of hydrogen-bond donors (Lipinski definition) is 1. The number of amides is 1. The number of rotatable bonds is 13. The van der Waals surface area contributed by atoms with Gasteiger partial charge in [-0.1, -0.05) is 68.7 Å². The van der Waals surface area contributed by atoms with Gasteiger partial charge in [-0.05, 0) is 63.5 Å². The maximum absolute atomic E-state index is 13.2. The van der Waals surface area contributed by atoms with Crippen molar-refractivity contribution in [3.05, 3.63) is 70.8 Å². The highest BCUT2D eigenvalue weighted by Crippen LogP contribution is 2.39. The van der Waals surface area contributed by atoms with E-state index in [0.29, 0.717) is 17.9 Å². The normalized spacial score (nSPS) is 17.2. The first-order valence-electron chi connectivity index (χ1n) is 13.1. The lowest BCUT2D eigenvalue weighted by Crippen LogP contribution is -2.34. The summed E-state index contributed by atoms with van der Waals surface area (Å²) in [6, 6.07) is 14.0. The lowest BCUT2D eigenvalue weighted by Gasteiger charge is -2.27. The predicted octanol–water partition coefficient (Wildman–Crippen LogP) is 5.72. The van der Waals surface area contributed by atoms with Crippen LogP contribution in [0.3, 0.4) is 0 Å². The van der Waals surface area contributed by atoms with Gasteiger partial charge >= 0.3 is 0 Å². The smallest absolute Gasteiger partial charge is 0.295 e. The molecule has 3 rings (SSSR count). The molecule has 2 aromatic rings. The Labute approximate surface area is 215 Å². The summed E-state index contributed by atoms with van der Waals surface area (Å²) in [5, 5.41) is 11.2. The minimum Gasteiger partial charge on any atom is -0.507 e. The maximum Gasteiger partial charge on any atom is 0.295 e. The Bertz CT molecular complexity index is 1040. The monoisotopic (exact) mass is 492 g/mol. The van der Waals surface area contributed by atoms with E-state index in [0.717, 1.165) is 62.9 Å². The third-order valence-corrected chi connectivity index (χ3v) is 6.83. The van der Waals surface area contributed by atoms with E-state index in [1.54, 1.807) is 24.1 Å². The first-order valence-corrected chi connectivity index (χ1v) is 13.1. The lowest BCUT2D eigenvalue weighted by molar-refractivity contribution is -0.140. The van der Waals surface area contributed by atoms with E-state index in [-0.39, 0.29) is 11.3 Å². The highest BCUT2D eigenvalue weighted by atomic mass is 16.5. The molecule has 1 saturated heterocycles. The molecule has 6 heteroatoms. The van der Waals surface area contributed by atoms with Crippen LogP contribution in [-0.2, 0) is 9.59 Å². The molecule has 0 aromatic heterocycles. The molecule has 1 unspecified atom stereocenters. The van der Waals surface area contributed by atoms with Crippen LogP contribution in [0.5, 0.6) is 5.75 Å². The van der Waals surface area contributed by atoms with E-state index in [4.69, 9.17) is 4.74 Å². The van der Waals surface area contributed by atoms with Gasteiger partial charge in [0, 0.05) is 12.1 Å². The van der Waals surface area contributed by atoms with Gasteiger partial charge in [-0.25, -0.2) is 0 Å². The van der Waals surface area contributed by atoms with Crippen molar-refractivity contribution < 1.29 is 19.4 Å². The Morgan fingerprint density at radius 2 is 1.50 bits per heavy atom. The van der Waals surface area contributed by atoms with E-state index >= 15 is 0 Å². The number of unbranched alkanes of at least 4 members (excludes halogenated alkanes) is 2. The Kier molecular flexibility index (Phi) is 10.1. The SMILES string of the molecule is CCCCN(CCCC)CCCN1C(=O)C(=O)/C(=C(\O)c2ccc(C)cc2)C1c1ccc(OC)cc1. The van der Waals surface area contributed by atoms with Crippen LogP contribution in [0.25, 0.3) is 5.76 Å². The Morgan fingerprint density at radius 3 is 2.06 bits per heavy atom. The van der Waals surface area contributed by atoms with Crippen LogP contribution >= 0.6 is 0 Å². The largest absolute Gasteiger partial charge is 0.507 e. The van der Waals surface area contributed by atoms with Crippen molar-refractivity contribution in [2.45, 2.75) is 58.9 Å². The van der Waals surface area contributed by atoms with Crippen LogP contribution in [0.2, 0.25) is 0 Å². The van der Waals surface area contributed by atoms with E-state index in [1.165, 1.54) is 0 Å². The minimum absolute atomic E-state index is 0.135. The zero-order valence-electron chi connectivity index (χ0n) is 22.1. The second-order valence-corrected chi connectivity index (χ2v) is 9.53. The molecular formula is C30H40N2O4. The van der Waals surface area contributed by atoms with Gasteiger partial charge in [0.1, 0.15) is 11.5 Å². The second-order valence-electron chi connectivity index (χ2n) is 9.53. The van der Waals surface area contributed by atoms with Crippen molar-refractivity contribution in [1.29, 1.82) is 0 Å². The average molecular weight is 493 g/mol. The molecule has 0 bridgehead atoms. The van der Waals surface area contributed by atoms with Gasteiger partial charge < -0.3 is 19.6 Å². The van der Waals surface area contributed by atoms with Crippen LogP contribution in [0, 0.1) is 6.92 Å². The Balaban J connectivity index is 1.91. The highest BCUT2D eigenvalue weighted by molar-refractivity contribution is 6.46. The number of aliphatic hydroxyl groups excluding tert-OH is 1. The summed E-state index contributed by atoms with van der Waals surface area (Å²) in [6.45, 7) is 9.76. The molecule has 36 heavy (non-hydrogen) atoms. The summed E-state index contributed by atoms with van der Waals surface area (Å²) in [5.74, 6) is -0.637. The van der Waals surface area contributed by atoms with E-state index in [1.807, 2.05) is 43.3 Å². The molecule has 0 spiro atoms. The summed E-state index contributed by atoms with van der Waals surface area (Å²) in [6.07, 6.45) is 5.35. The fourth-order valence-electron chi connectivity index (χ4n) is 4.67. The van der Waals surface area contributed by atoms with Crippen molar-refractivity contribution >= 4 is 17.4 Å². The van der Waals surface area contributed by atoms with Crippen LogP contribution in [-0.4, -0.2) is 59.9 Å². The van der Waals surface area contributed by atoms with Gasteiger partial charge in [0.15, 0.2) is 0 Å². The van der Waals surface area contributed by atoms with E-state index in [2.05, 4.69) is 18.7 Å². The molecule has 1 fully saturated rings. The molecule has 1 aliphatic heterocycles. The maximum atomic E-state index is 13.2. The number of Topliss-reactive ketones (excluding diaryl/α,β-unsaturated/α-hetero) is 1. The van der Waals surface area contributed by atoms with Gasteiger partial charge in [-0.3, -0.25) is 9.59 Å². The molecule has 0 saturated carbocycles. The van der Waals surface area contributed by atoms with Crippen molar-refractivity contribution in [3.8, 4) is 5.75 Å². The molecule has 1 aliphatic rings. The van der Waals surface area contributed by atoms with Gasteiger partial charge in [0.25, 0.3) is 11.7 Å². The molecule has 194 valence electrons. The number of carbonyl (C=O) groups excluding carboxylic acids is 2. The van der Waals surface area contributed by atoms with E-state index in [9.17, 15) is 14.7 Å². The summed E-state index contributed by atoms with van der Waals surface area (Å²) < 4.78 is 5.30. The molecule has 1 atom stereocenters. The summed E-state index contributed by atoms with van der Waals surface area (Å²) >= 11 is 0. The number of ether oxygens (including phenoxy) is 1. The number of carbonyl (C=O) groups is 2. The standard InChI is InChI=1S/C30H40N2O4/c1-5-7-18-31(19-8-6-2)20-9-21-32-27(23-14-16-25(36-4)17-15-23)26(29(34)30(32)35)28(33)24-12-10-22(3)11-13-24/h10-17,27,33H,5-9,18-21H2,1-4H3/b28-26-. The van der Waals surface area contributed by atoms with Crippen LogP contribution < -0.4 is 4.74 Å². The lowest BCUT2D eigenvalue weighted by atomic mass is 9.95. The fraction of sp³-hybridized carbons (Fsp3) is 0.467. The number of methoxy groups -OCH3 is 1.